The van der Waals surface area contributed by atoms with E-state index in [1.165, 1.54) is 4.90 Å². The van der Waals surface area contributed by atoms with Crippen molar-refractivity contribution >= 4 is 46.3 Å². The summed E-state index contributed by atoms with van der Waals surface area (Å²) in [6.45, 7) is 1.27. The zero-order valence-corrected chi connectivity index (χ0v) is 13.1. The van der Waals surface area contributed by atoms with Gasteiger partial charge in [0.1, 0.15) is 0 Å². The Morgan fingerprint density at radius 1 is 1.30 bits per heavy atom. The Kier molecular flexibility index (Phi) is 6.22. The first kappa shape index (κ1) is 15.7. The minimum Gasteiger partial charge on any atom is -0.379 e. The lowest BCUT2D eigenvalue weighted by molar-refractivity contribution is -0.125. The second-order valence-electron chi connectivity index (χ2n) is 3.99. The van der Waals surface area contributed by atoms with Gasteiger partial charge in [0, 0.05) is 10.6 Å². The van der Waals surface area contributed by atoms with E-state index in [-0.39, 0.29) is 16.9 Å². The van der Waals surface area contributed by atoms with Crippen LogP contribution in [-0.4, -0.2) is 47.3 Å². The summed E-state index contributed by atoms with van der Waals surface area (Å²) >= 11 is 8.70. The Morgan fingerprint density at radius 3 is 2.80 bits per heavy atom. The van der Waals surface area contributed by atoms with Crippen LogP contribution < -0.4 is 0 Å². The molecule has 1 aliphatic heterocycles. The maximum absolute atomic E-state index is 11.3. The van der Waals surface area contributed by atoms with E-state index in [4.69, 9.17) is 16.3 Å². The van der Waals surface area contributed by atoms with E-state index in [2.05, 4.69) is 0 Å². The van der Waals surface area contributed by atoms with Gasteiger partial charge in [-0.1, -0.05) is 35.5 Å². The quantitative estimate of drug-likeness (QED) is 0.567. The van der Waals surface area contributed by atoms with Crippen LogP contribution in [0.1, 0.15) is 0 Å². The van der Waals surface area contributed by atoms with Gasteiger partial charge in [0.25, 0.3) is 5.24 Å². The molecule has 0 saturated carbocycles. The lowest BCUT2D eigenvalue weighted by atomic mass is 10.4. The summed E-state index contributed by atoms with van der Waals surface area (Å²) in [5.74, 6) is 0.899. The number of imide groups is 1. The minimum atomic E-state index is -0.177. The number of carbonyl (C=O) groups excluding carboxylic acids is 2. The average molecular weight is 332 g/mol. The van der Waals surface area contributed by atoms with Crippen molar-refractivity contribution in [2.45, 2.75) is 4.90 Å². The number of thioether (sulfide) groups is 2. The van der Waals surface area contributed by atoms with Crippen LogP contribution in [0, 0.1) is 0 Å². The third kappa shape index (κ3) is 4.41. The molecule has 108 valence electrons. The number of nitrogens with zero attached hydrogens (tertiary/aromatic N) is 1. The second kappa shape index (κ2) is 7.93. The monoisotopic (exact) mass is 331 g/mol. The Bertz CT molecular complexity index is 482. The zero-order chi connectivity index (χ0) is 14.4. The van der Waals surface area contributed by atoms with Crippen LogP contribution in [0.2, 0.25) is 5.02 Å². The van der Waals surface area contributed by atoms with Gasteiger partial charge in [-0.15, -0.1) is 11.8 Å². The molecule has 1 fully saturated rings. The molecule has 0 aromatic heterocycles. The van der Waals surface area contributed by atoms with E-state index < -0.39 is 0 Å². The lowest BCUT2D eigenvalue weighted by Crippen LogP contribution is -2.32. The van der Waals surface area contributed by atoms with Crippen molar-refractivity contribution in [3.8, 4) is 0 Å². The molecule has 1 aliphatic rings. The largest absolute Gasteiger partial charge is 0.379 e. The molecule has 20 heavy (non-hydrogen) atoms. The first-order valence-corrected chi connectivity index (χ1v) is 8.45. The Balaban J connectivity index is 1.59. The van der Waals surface area contributed by atoms with Gasteiger partial charge in [-0.2, -0.15) is 0 Å². The Morgan fingerprint density at radius 2 is 2.10 bits per heavy atom. The van der Waals surface area contributed by atoms with Gasteiger partial charge in [-0.05, 0) is 12.1 Å². The number of ether oxygens (including phenoxy) is 1. The Labute approximate surface area is 131 Å². The van der Waals surface area contributed by atoms with E-state index in [1.807, 2.05) is 24.3 Å². The first-order valence-electron chi connectivity index (χ1n) is 6.10. The van der Waals surface area contributed by atoms with Gasteiger partial charge in [0.05, 0.1) is 30.5 Å². The van der Waals surface area contributed by atoms with E-state index in [0.717, 1.165) is 27.4 Å². The topological polar surface area (TPSA) is 46.6 Å². The highest BCUT2D eigenvalue weighted by atomic mass is 35.5. The van der Waals surface area contributed by atoms with Gasteiger partial charge in [-0.3, -0.25) is 14.5 Å². The summed E-state index contributed by atoms with van der Waals surface area (Å²) in [7, 11) is 0. The normalized spacial score (nSPS) is 15.2. The standard InChI is InChI=1S/C13H14ClNO3S2/c14-10-3-1-2-4-11(10)19-8-7-18-6-5-15-12(16)9-20-13(15)17/h1-4H,5-9H2. The predicted octanol–water partition coefficient (Wildman–Crippen LogP) is 3.14. The molecule has 0 aliphatic carbocycles. The molecule has 0 bridgehead atoms. The molecule has 0 unspecified atom stereocenters. The number of benzene rings is 1. The summed E-state index contributed by atoms with van der Waals surface area (Å²) in [6.07, 6.45) is 0. The molecule has 1 aromatic rings. The molecule has 7 heteroatoms. The van der Waals surface area contributed by atoms with Gasteiger partial charge in [0.2, 0.25) is 5.91 Å². The van der Waals surface area contributed by atoms with Gasteiger partial charge in [0.15, 0.2) is 0 Å². The third-order valence-corrected chi connectivity index (χ3v) is 4.96. The summed E-state index contributed by atoms with van der Waals surface area (Å²) in [6, 6.07) is 7.65. The van der Waals surface area contributed by atoms with Crippen molar-refractivity contribution in [1.82, 2.24) is 4.90 Å². The maximum atomic E-state index is 11.3. The van der Waals surface area contributed by atoms with Crippen LogP contribution in [-0.2, 0) is 9.53 Å². The molecular weight excluding hydrogens is 318 g/mol. The number of hydrogen-bond acceptors (Lipinski definition) is 5. The highest BCUT2D eigenvalue weighted by Crippen LogP contribution is 2.26. The average Bonchev–Trinajstić information content (AvgIpc) is 2.76. The van der Waals surface area contributed by atoms with Gasteiger partial charge >= 0.3 is 0 Å². The lowest BCUT2D eigenvalue weighted by Gasteiger charge is -2.12. The molecular formula is C13H14ClNO3S2. The van der Waals surface area contributed by atoms with E-state index in [1.54, 1.807) is 11.8 Å². The predicted molar refractivity (Wildman–Crippen MR) is 82.6 cm³/mol. The van der Waals surface area contributed by atoms with Crippen LogP contribution in [0.15, 0.2) is 29.2 Å². The van der Waals surface area contributed by atoms with Crippen molar-refractivity contribution in [3.05, 3.63) is 29.3 Å². The van der Waals surface area contributed by atoms with Crippen molar-refractivity contribution < 1.29 is 14.3 Å². The number of carbonyl (C=O) groups is 2. The van der Waals surface area contributed by atoms with Gasteiger partial charge in [-0.25, -0.2) is 0 Å². The summed E-state index contributed by atoms with van der Waals surface area (Å²) in [5, 5.41) is 0.562. The first-order chi connectivity index (χ1) is 9.68. The number of rotatable bonds is 7. The fraction of sp³-hybridized carbons (Fsp3) is 0.385. The molecule has 1 heterocycles. The molecule has 0 radical (unpaired) electrons. The molecule has 0 spiro atoms. The number of halogens is 1. The summed E-state index contributed by atoms with van der Waals surface area (Å²) in [4.78, 5) is 24.9. The van der Waals surface area contributed by atoms with Gasteiger partial charge < -0.3 is 4.74 Å². The van der Waals surface area contributed by atoms with E-state index >= 15 is 0 Å². The van der Waals surface area contributed by atoms with Crippen LogP contribution in [0.5, 0.6) is 0 Å². The number of amides is 2. The third-order valence-electron chi connectivity index (χ3n) is 2.62. The molecule has 2 rings (SSSR count). The SMILES string of the molecule is O=C1CSC(=O)N1CCOCCSc1ccccc1Cl. The highest BCUT2D eigenvalue weighted by Gasteiger charge is 2.29. The van der Waals surface area contributed by atoms with Crippen LogP contribution in [0.25, 0.3) is 0 Å². The van der Waals surface area contributed by atoms with Crippen molar-refractivity contribution in [2.24, 2.45) is 0 Å². The molecule has 1 saturated heterocycles. The van der Waals surface area contributed by atoms with E-state index in [0.29, 0.717) is 19.8 Å². The Hall–Kier alpha value is -0.690. The maximum Gasteiger partial charge on any atom is 0.288 e. The molecule has 2 amide bonds. The van der Waals surface area contributed by atoms with Crippen LogP contribution in [0.4, 0.5) is 4.79 Å². The summed E-state index contributed by atoms with van der Waals surface area (Å²) < 4.78 is 5.43. The van der Waals surface area contributed by atoms with Crippen molar-refractivity contribution in [2.75, 3.05) is 31.3 Å². The summed E-state index contributed by atoms with van der Waals surface area (Å²) in [5.41, 5.74) is 0. The molecule has 1 aromatic carbocycles. The molecule has 0 N–H and O–H groups in total. The smallest absolute Gasteiger partial charge is 0.288 e. The fourth-order valence-electron chi connectivity index (χ4n) is 1.63. The highest BCUT2D eigenvalue weighted by molar-refractivity contribution is 8.14. The number of hydrogen-bond donors (Lipinski definition) is 0. The van der Waals surface area contributed by atoms with Crippen LogP contribution >= 0.6 is 35.1 Å². The van der Waals surface area contributed by atoms with Crippen molar-refractivity contribution in [1.29, 1.82) is 0 Å². The van der Waals surface area contributed by atoms with E-state index in [9.17, 15) is 9.59 Å². The second-order valence-corrected chi connectivity index (χ2v) is 6.46. The zero-order valence-electron chi connectivity index (χ0n) is 10.7. The van der Waals surface area contributed by atoms with Crippen LogP contribution in [0.3, 0.4) is 0 Å². The molecule has 0 atom stereocenters. The minimum absolute atomic E-state index is 0.131. The van der Waals surface area contributed by atoms with Crippen molar-refractivity contribution in [3.63, 3.8) is 0 Å². The molecule has 4 nitrogen and oxygen atoms in total. The fourth-order valence-corrected chi connectivity index (χ4v) is 3.48.